The SMILES string of the molecule is C=C(CCC(C)(O)C1CCC2C3=CC=C4CC(O)CCC4(C)C3CCC21C)C(C)C. The number of fused-ring (bicyclic) bond motifs is 5. The molecule has 3 fully saturated rings. The van der Waals surface area contributed by atoms with Crippen molar-refractivity contribution < 1.29 is 10.2 Å². The molecule has 2 heteroatoms. The molecule has 2 nitrogen and oxygen atoms in total. The van der Waals surface area contributed by atoms with Gasteiger partial charge in [-0.15, -0.1) is 0 Å². The third-order valence-electron chi connectivity index (χ3n) is 10.1. The van der Waals surface area contributed by atoms with Gasteiger partial charge in [0.25, 0.3) is 0 Å². The zero-order valence-corrected chi connectivity index (χ0v) is 20.0. The number of allylic oxidation sites excluding steroid dienone is 4. The normalized spacial score (nSPS) is 42.5. The molecular formula is C28H44O2. The van der Waals surface area contributed by atoms with Crippen LogP contribution in [0.4, 0.5) is 0 Å². The van der Waals surface area contributed by atoms with Gasteiger partial charge in [0, 0.05) is 0 Å². The second-order valence-electron chi connectivity index (χ2n) is 12.1. The summed E-state index contributed by atoms with van der Waals surface area (Å²) in [6.45, 7) is 15.7. The van der Waals surface area contributed by atoms with Gasteiger partial charge in [0.2, 0.25) is 0 Å². The standard InChI is InChI=1S/C28H44O2/c1-18(2)19(3)11-16-28(6,30)25-10-9-23-22-8-7-20-17-21(29)12-14-26(20,4)24(22)13-15-27(23,25)5/h7-8,18,21,23-25,29-30H,3,9-17H2,1-2,4-6H3. The fourth-order valence-electron chi connectivity index (χ4n) is 7.88. The molecule has 4 rings (SSSR count). The van der Waals surface area contributed by atoms with E-state index in [1.807, 2.05) is 0 Å². The minimum atomic E-state index is -0.622. The lowest BCUT2D eigenvalue weighted by Gasteiger charge is -2.55. The molecule has 0 saturated heterocycles. The van der Waals surface area contributed by atoms with E-state index in [1.165, 1.54) is 30.4 Å². The number of hydrogen-bond donors (Lipinski definition) is 2. The summed E-state index contributed by atoms with van der Waals surface area (Å²) in [5, 5.41) is 21.8. The van der Waals surface area contributed by atoms with Gasteiger partial charge in [-0.25, -0.2) is 0 Å². The van der Waals surface area contributed by atoms with Crippen LogP contribution < -0.4 is 0 Å². The molecule has 0 bridgehead atoms. The Hall–Kier alpha value is -0.860. The number of hydrogen-bond acceptors (Lipinski definition) is 2. The molecule has 0 aromatic rings. The Morgan fingerprint density at radius 2 is 1.87 bits per heavy atom. The smallest absolute Gasteiger partial charge is 0.0656 e. The van der Waals surface area contributed by atoms with Crippen LogP contribution in [0.3, 0.4) is 0 Å². The zero-order chi connectivity index (χ0) is 21.9. The van der Waals surface area contributed by atoms with Gasteiger partial charge in [0.15, 0.2) is 0 Å². The molecule has 168 valence electrons. The summed E-state index contributed by atoms with van der Waals surface area (Å²) in [6.07, 6.45) is 14.1. The highest BCUT2D eigenvalue weighted by Crippen LogP contribution is 2.66. The maximum absolute atomic E-state index is 11.6. The van der Waals surface area contributed by atoms with Crippen LogP contribution in [0, 0.1) is 34.5 Å². The largest absolute Gasteiger partial charge is 0.393 e. The minimum Gasteiger partial charge on any atom is -0.393 e. The number of aliphatic hydroxyl groups excluding tert-OH is 1. The van der Waals surface area contributed by atoms with Crippen LogP contribution >= 0.6 is 0 Å². The van der Waals surface area contributed by atoms with Crippen LogP contribution in [0.25, 0.3) is 0 Å². The Balaban J connectivity index is 1.57. The van der Waals surface area contributed by atoms with Crippen molar-refractivity contribution in [2.75, 3.05) is 0 Å². The summed E-state index contributed by atoms with van der Waals surface area (Å²) >= 11 is 0. The maximum Gasteiger partial charge on any atom is 0.0656 e. The number of aliphatic hydroxyl groups is 2. The van der Waals surface area contributed by atoms with E-state index >= 15 is 0 Å². The highest BCUT2D eigenvalue weighted by Gasteiger charge is 2.59. The van der Waals surface area contributed by atoms with E-state index in [4.69, 9.17) is 0 Å². The van der Waals surface area contributed by atoms with Gasteiger partial charge >= 0.3 is 0 Å². The summed E-state index contributed by atoms with van der Waals surface area (Å²) in [7, 11) is 0. The molecule has 0 aliphatic heterocycles. The molecule has 2 N–H and O–H groups in total. The first-order valence-corrected chi connectivity index (χ1v) is 12.5. The highest BCUT2D eigenvalue weighted by atomic mass is 16.3. The Bertz CT molecular complexity index is 757. The predicted octanol–water partition coefficient (Wildman–Crippen LogP) is 6.59. The first-order valence-electron chi connectivity index (χ1n) is 12.5. The second kappa shape index (κ2) is 7.62. The quantitative estimate of drug-likeness (QED) is 0.500. The van der Waals surface area contributed by atoms with E-state index < -0.39 is 5.60 Å². The number of rotatable bonds is 5. The van der Waals surface area contributed by atoms with Crippen LogP contribution in [0.15, 0.2) is 35.5 Å². The van der Waals surface area contributed by atoms with Gasteiger partial charge in [-0.1, -0.05) is 63.1 Å². The van der Waals surface area contributed by atoms with Gasteiger partial charge in [-0.05, 0) is 99.2 Å². The fourth-order valence-corrected chi connectivity index (χ4v) is 7.88. The van der Waals surface area contributed by atoms with E-state index in [0.717, 1.165) is 38.5 Å². The lowest BCUT2D eigenvalue weighted by molar-refractivity contribution is -0.0711. The Labute approximate surface area is 184 Å². The molecule has 7 unspecified atom stereocenters. The lowest BCUT2D eigenvalue weighted by Crippen LogP contribution is -2.49. The molecule has 0 aromatic heterocycles. The molecule has 4 aliphatic carbocycles. The van der Waals surface area contributed by atoms with Crippen molar-refractivity contribution in [1.29, 1.82) is 0 Å². The zero-order valence-electron chi connectivity index (χ0n) is 20.0. The van der Waals surface area contributed by atoms with Crippen molar-refractivity contribution >= 4 is 0 Å². The van der Waals surface area contributed by atoms with Gasteiger partial charge in [0.05, 0.1) is 11.7 Å². The van der Waals surface area contributed by atoms with Gasteiger partial charge in [-0.2, -0.15) is 0 Å². The van der Waals surface area contributed by atoms with Crippen molar-refractivity contribution in [1.82, 2.24) is 0 Å². The van der Waals surface area contributed by atoms with Gasteiger partial charge < -0.3 is 10.2 Å². The van der Waals surface area contributed by atoms with Crippen molar-refractivity contribution in [2.45, 2.75) is 104 Å². The third-order valence-corrected chi connectivity index (χ3v) is 10.1. The molecule has 4 aliphatic rings. The van der Waals surface area contributed by atoms with E-state index in [-0.39, 0.29) is 16.9 Å². The van der Waals surface area contributed by atoms with Crippen molar-refractivity contribution in [3.63, 3.8) is 0 Å². The summed E-state index contributed by atoms with van der Waals surface area (Å²) in [6, 6.07) is 0. The van der Waals surface area contributed by atoms with Crippen LogP contribution in [-0.2, 0) is 0 Å². The van der Waals surface area contributed by atoms with E-state index in [0.29, 0.717) is 23.7 Å². The second-order valence-corrected chi connectivity index (χ2v) is 12.1. The molecular weight excluding hydrogens is 368 g/mol. The van der Waals surface area contributed by atoms with E-state index in [2.05, 4.69) is 53.3 Å². The molecule has 0 amide bonds. The van der Waals surface area contributed by atoms with Crippen molar-refractivity contribution in [3.05, 3.63) is 35.5 Å². The molecule has 7 atom stereocenters. The molecule has 0 radical (unpaired) electrons. The first-order chi connectivity index (χ1) is 14.0. The van der Waals surface area contributed by atoms with Gasteiger partial charge in [0.1, 0.15) is 0 Å². The average Bonchev–Trinajstić information content (AvgIpc) is 3.04. The average molecular weight is 413 g/mol. The Kier molecular flexibility index (Phi) is 5.68. The maximum atomic E-state index is 11.6. The molecule has 0 aromatic carbocycles. The highest BCUT2D eigenvalue weighted by molar-refractivity contribution is 5.39. The third kappa shape index (κ3) is 3.47. The summed E-state index contributed by atoms with van der Waals surface area (Å²) < 4.78 is 0. The Morgan fingerprint density at radius 1 is 1.13 bits per heavy atom. The molecule has 0 spiro atoms. The van der Waals surface area contributed by atoms with Crippen LogP contribution in [0.2, 0.25) is 0 Å². The summed E-state index contributed by atoms with van der Waals surface area (Å²) in [5.74, 6) is 2.09. The summed E-state index contributed by atoms with van der Waals surface area (Å²) in [4.78, 5) is 0. The molecule has 0 heterocycles. The Morgan fingerprint density at radius 3 is 2.57 bits per heavy atom. The monoisotopic (exact) mass is 412 g/mol. The predicted molar refractivity (Wildman–Crippen MR) is 125 cm³/mol. The van der Waals surface area contributed by atoms with Crippen molar-refractivity contribution in [2.24, 2.45) is 34.5 Å². The van der Waals surface area contributed by atoms with Crippen LogP contribution in [-0.4, -0.2) is 21.9 Å². The van der Waals surface area contributed by atoms with Gasteiger partial charge in [-0.3, -0.25) is 0 Å². The summed E-state index contributed by atoms with van der Waals surface area (Å²) in [5.41, 5.74) is 4.21. The minimum absolute atomic E-state index is 0.153. The van der Waals surface area contributed by atoms with E-state index in [1.54, 1.807) is 5.57 Å². The topological polar surface area (TPSA) is 40.5 Å². The first kappa shape index (κ1) is 22.3. The van der Waals surface area contributed by atoms with Crippen LogP contribution in [0.1, 0.15) is 92.4 Å². The van der Waals surface area contributed by atoms with E-state index in [9.17, 15) is 10.2 Å². The van der Waals surface area contributed by atoms with Crippen LogP contribution in [0.5, 0.6) is 0 Å². The lowest BCUT2D eigenvalue weighted by atomic mass is 9.49. The molecule has 30 heavy (non-hydrogen) atoms. The molecule has 3 saturated carbocycles. The fraction of sp³-hybridized carbons (Fsp3) is 0.786. The van der Waals surface area contributed by atoms with Crippen molar-refractivity contribution in [3.8, 4) is 0 Å².